The van der Waals surface area contributed by atoms with Crippen LogP contribution in [0.5, 0.6) is 0 Å². The van der Waals surface area contributed by atoms with E-state index in [0.29, 0.717) is 16.2 Å². The maximum atomic E-state index is 12.4. The minimum atomic E-state index is -0.989. The Morgan fingerprint density at radius 3 is 2.48 bits per heavy atom. The number of anilines is 1. The van der Waals surface area contributed by atoms with Crippen molar-refractivity contribution in [3.8, 4) is 0 Å². The van der Waals surface area contributed by atoms with E-state index in [-0.39, 0.29) is 30.4 Å². The van der Waals surface area contributed by atoms with Gasteiger partial charge in [0.2, 0.25) is 5.91 Å². The number of imide groups is 2. The van der Waals surface area contributed by atoms with Crippen molar-refractivity contribution in [1.29, 1.82) is 0 Å². The average Bonchev–Trinajstić information content (AvgIpc) is 3.01. The predicted octanol–water partition coefficient (Wildman–Crippen LogP) is 0.811. The fourth-order valence-electron chi connectivity index (χ4n) is 2.85. The summed E-state index contributed by atoms with van der Waals surface area (Å²) in [4.78, 5) is 61.5. The summed E-state index contributed by atoms with van der Waals surface area (Å²) in [6, 6.07) is 3.92. The van der Waals surface area contributed by atoms with Gasteiger partial charge in [-0.3, -0.25) is 24.1 Å². The molecule has 0 bridgehead atoms. The van der Waals surface area contributed by atoms with Crippen molar-refractivity contribution >= 4 is 35.2 Å². The van der Waals surface area contributed by atoms with Crippen molar-refractivity contribution in [2.75, 3.05) is 18.4 Å². The van der Waals surface area contributed by atoms with Gasteiger partial charge in [-0.25, -0.2) is 9.69 Å². The molecule has 25 heavy (non-hydrogen) atoms. The first-order chi connectivity index (χ1) is 11.8. The van der Waals surface area contributed by atoms with Crippen molar-refractivity contribution < 1.29 is 24.0 Å². The van der Waals surface area contributed by atoms with Gasteiger partial charge in [0.25, 0.3) is 0 Å². The van der Waals surface area contributed by atoms with Gasteiger partial charge in [0.05, 0.1) is 13.0 Å². The molecule has 0 spiro atoms. The summed E-state index contributed by atoms with van der Waals surface area (Å²) in [7, 11) is 0. The summed E-state index contributed by atoms with van der Waals surface area (Å²) < 4.78 is 0. The third-order valence-electron chi connectivity index (χ3n) is 4.04. The molecule has 0 unspecified atom stereocenters. The first-order valence-electron chi connectivity index (χ1n) is 7.91. The molecule has 2 aliphatic rings. The first-order valence-corrected chi connectivity index (χ1v) is 7.91. The number of hydrogen-bond acceptors (Lipinski definition) is 5. The highest BCUT2D eigenvalue weighted by atomic mass is 16.2. The first kappa shape index (κ1) is 16.8. The van der Waals surface area contributed by atoms with Crippen LogP contribution >= 0.6 is 0 Å². The van der Waals surface area contributed by atoms with Crippen LogP contribution in [0.15, 0.2) is 18.2 Å². The second-order valence-electron chi connectivity index (χ2n) is 6.50. The fourth-order valence-corrected chi connectivity index (χ4v) is 2.85. The average molecular weight is 343 g/mol. The SMILES string of the molecule is CC(C)CN1C(=O)C(=O)N(CC(=O)c2ccc3c(c2)CC(=O)N3)C1=O. The Labute approximate surface area is 143 Å². The smallest absolute Gasteiger partial charge is 0.326 e. The van der Waals surface area contributed by atoms with E-state index in [4.69, 9.17) is 0 Å². The lowest BCUT2D eigenvalue weighted by Crippen LogP contribution is -2.38. The number of hydrogen-bond donors (Lipinski definition) is 1. The number of benzene rings is 1. The van der Waals surface area contributed by atoms with E-state index in [1.807, 2.05) is 13.8 Å². The molecule has 1 aromatic carbocycles. The lowest BCUT2D eigenvalue weighted by atomic mass is 10.0. The molecule has 0 radical (unpaired) electrons. The molecule has 3 rings (SSSR count). The largest absolute Gasteiger partial charge is 0.334 e. The van der Waals surface area contributed by atoms with Crippen molar-refractivity contribution in [3.05, 3.63) is 29.3 Å². The van der Waals surface area contributed by atoms with Gasteiger partial charge in [-0.05, 0) is 29.7 Å². The van der Waals surface area contributed by atoms with Gasteiger partial charge in [0, 0.05) is 17.8 Å². The third-order valence-corrected chi connectivity index (χ3v) is 4.04. The van der Waals surface area contributed by atoms with Gasteiger partial charge >= 0.3 is 17.8 Å². The maximum absolute atomic E-state index is 12.4. The minimum Gasteiger partial charge on any atom is -0.326 e. The second kappa shape index (κ2) is 6.12. The van der Waals surface area contributed by atoms with E-state index >= 15 is 0 Å². The Morgan fingerprint density at radius 2 is 1.80 bits per heavy atom. The van der Waals surface area contributed by atoms with Crippen LogP contribution < -0.4 is 5.32 Å². The van der Waals surface area contributed by atoms with Crippen LogP contribution in [0.1, 0.15) is 29.8 Å². The number of carbonyl (C=O) groups is 5. The lowest BCUT2D eigenvalue weighted by Gasteiger charge is -2.16. The van der Waals surface area contributed by atoms with E-state index in [1.165, 1.54) is 6.07 Å². The molecule has 5 amide bonds. The standard InChI is InChI=1S/C17H17N3O5/c1-9(2)7-19-15(23)16(24)20(17(19)25)8-13(21)10-3-4-12-11(5-10)6-14(22)18-12/h3-5,9H,6-8H2,1-2H3,(H,18,22). The molecule has 0 atom stereocenters. The summed E-state index contributed by atoms with van der Waals surface area (Å²) in [5.41, 5.74) is 1.62. The Morgan fingerprint density at radius 1 is 1.12 bits per heavy atom. The van der Waals surface area contributed by atoms with Crippen molar-refractivity contribution in [2.24, 2.45) is 5.92 Å². The summed E-state index contributed by atoms with van der Waals surface area (Å²) in [5, 5.41) is 2.66. The Bertz CT molecular complexity index is 815. The quantitative estimate of drug-likeness (QED) is 0.484. The maximum Gasteiger partial charge on any atom is 0.334 e. The van der Waals surface area contributed by atoms with Crippen molar-refractivity contribution in [2.45, 2.75) is 20.3 Å². The van der Waals surface area contributed by atoms with Gasteiger partial charge in [0.15, 0.2) is 5.78 Å². The zero-order valence-corrected chi connectivity index (χ0v) is 13.9. The van der Waals surface area contributed by atoms with Crippen LogP contribution in [0.4, 0.5) is 10.5 Å². The van der Waals surface area contributed by atoms with Crippen LogP contribution in [-0.2, 0) is 20.8 Å². The highest BCUT2D eigenvalue weighted by Crippen LogP contribution is 2.24. The number of carbonyl (C=O) groups excluding carboxylic acids is 5. The van der Waals surface area contributed by atoms with Crippen molar-refractivity contribution in [1.82, 2.24) is 9.80 Å². The third kappa shape index (κ3) is 3.02. The molecule has 8 heteroatoms. The molecule has 0 aromatic heterocycles. The Balaban J connectivity index is 1.76. The zero-order chi connectivity index (χ0) is 18.3. The molecule has 130 valence electrons. The van der Waals surface area contributed by atoms with Gasteiger partial charge in [0.1, 0.15) is 0 Å². The Kier molecular flexibility index (Phi) is 4.12. The van der Waals surface area contributed by atoms with Crippen LogP contribution in [0.25, 0.3) is 0 Å². The van der Waals surface area contributed by atoms with Crippen LogP contribution in [-0.4, -0.2) is 52.4 Å². The van der Waals surface area contributed by atoms with Gasteiger partial charge in [-0.2, -0.15) is 0 Å². The van der Waals surface area contributed by atoms with E-state index in [1.54, 1.807) is 12.1 Å². The zero-order valence-electron chi connectivity index (χ0n) is 13.9. The number of Topliss-reactive ketones (excluding diaryl/α,β-unsaturated/α-hetero) is 1. The number of ketones is 1. The van der Waals surface area contributed by atoms with E-state index < -0.39 is 30.2 Å². The molecular weight excluding hydrogens is 326 g/mol. The number of nitrogens with one attached hydrogen (secondary N) is 1. The fraction of sp³-hybridized carbons (Fsp3) is 0.353. The number of nitrogens with zero attached hydrogens (tertiary/aromatic N) is 2. The van der Waals surface area contributed by atoms with Crippen LogP contribution in [0.3, 0.4) is 0 Å². The highest BCUT2D eigenvalue weighted by Gasteiger charge is 2.45. The molecule has 1 fully saturated rings. The molecule has 1 saturated heterocycles. The molecule has 0 aliphatic carbocycles. The molecular formula is C17H17N3O5. The molecule has 1 aromatic rings. The van der Waals surface area contributed by atoms with Crippen LogP contribution in [0.2, 0.25) is 0 Å². The topological polar surface area (TPSA) is 104 Å². The highest BCUT2D eigenvalue weighted by molar-refractivity contribution is 6.45. The van der Waals surface area contributed by atoms with Gasteiger partial charge in [-0.15, -0.1) is 0 Å². The van der Waals surface area contributed by atoms with E-state index in [2.05, 4.69) is 5.32 Å². The summed E-state index contributed by atoms with van der Waals surface area (Å²) in [5.74, 6) is -2.51. The van der Waals surface area contributed by atoms with Gasteiger partial charge in [-0.1, -0.05) is 13.8 Å². The number of urea groups is 1. The molecule has 2 aliphatic heterocycles. The molecule has 1 N–H and O–H groups in total. The number of amides is 5. The number of rotatable bonds is 5. The monoisotopic (exact) mass is 343 g/mol. The van der Waals surface area contributed by atoms with Gasteiger partial charge < -0.3 is 5.32 Å². The predicted molar refractivity (Wildman–Crippen MR) is 86.8 cm³/mol. The summed E-state index contributed by atoms with van der Waals surface area (Å²) in [6.45, 7) is 3.26. The molecule has 8 nitrogen and oxygen atoms in total. The normalized spacial score (nSPS) is 16.8. The molecule has 0 saturated carbocycles. The molecule has 2 heterocycles. The van der Waals surface area contributed by atoms with Crippen LogP contribution in [0, 0.1) is 5.92 Å². The second-order valence-corrected chi connectivity index (χ2v) is 6.50. The lowest BCUT2D eigenvalue weighted by molar-refractivity contribution is -0.143. The van der Waals surface area contributed by atoms with E-state index in [0.717, 1.165) is 4.90 Å². The van der Waals surface area contributed by atoms with Crippen molar-refractivity contribution in [3.63, 3.8) is 0 Å². The Hall–Kier alpha value is -3.03. The number of fused-ring (bicyclic) bond motifs is 1. The van der Waals surface area contributed by atoms with E-state index in [9.17, 15) is 24.0 Å². The summed E-state index contributed by atoms with van der Waals surface area (Å²) >= 11 is 0. The minimum absolute atomic E-state index is 0.0121. The summed E-state index contributed by atoms with van der Waals surface area (Å²) in [6.07, 6.45) is 0.179.